The number of nitrogens with zero attached hydrogens (tertiary/aromatic N) is 1. The third-order valence-corrected chi connectivity index (χ3v) is 4.53. The lowest BCUT2D eigenvalue weighted by atomic mass is 9.92. The van der Waals surface area contributed by atoms with E-state index < -0.39 is 0 Å². The normalized spacial score (nSPS) is 10.8. The minimum Gasteiger partial charge on any atom is -0.256 e. The maximum absolute atomic E-state index is 4.56. The van der Waals surface area contributed by atoms with E-state index in [0.717, 1.165) is 5.69 Å². The van der Waals surface area contributed by atoms with Gasteiger partial charge in [0.2, 0.25) is 0 Å². The maximum atomic E-state index is 4.56. The molecule has 0 aliphatic rings. The molecule has 0 saturated heterocycles. The number of hydrogen-bond donors (Lipinski definition) is 0. The van der Waals surface area contributed by atoms with Gasteiger partial charge in [-0.05, 0) is 54.2 Å². The van der Waals surface area contributed by atoms with Crippen LogP contribution in [0.15, 0.2) is 66.9 Å². The van der Waals surface area contributed by atoms with Crippen molar-refractivity contribution in [3.8, 4) is 22.4 Å². The van der Waals surface area contributed by atoms with Gasteiger partial charge < -0.3 is 0 Å². The van der Waals surface area contributed by atoms with Crippen LogP contribution in [-0.2, 0) is 6.42 Å². The minimum atomic E-state index is 1.04. The Morgan fingerprint density at radius 3 is 2.38 bits per heavy atom. The lowest BCUT2D eigenvalue weighted by Gasteiger charge is -2.13. The SMILES string of the molecule is CCCCCc1ccc(-c2cccc(C)c2-c2ccccn2)cc1. The Kier molecular flexibility index (Phi) is 5.43. The van der Waals surface area contributed by atoms with Gasteiger partial charge in [0.05, 0.1) is 5.69 Å². The Balaban J connectivity index is 1.94. The van der Waals surface area contributed by atoms with Crippen LogP contribution in [0.1, 0.15) is 37.3 Å². The molecule has 0 atom stereocenters. The van der Waals surface area contributed by atoms with Crippen molar-refractivity contribution in [2.75, 3.05) is 0 Å². The number of rotatable bonds is 6. The van der Waals surface area contributed by atoms with E-state index in [1.165, 1.54) is 53.5 Å². The molecule has 0 aliphatic heterocycles. The summed E-state index contributed by atoms with van der Waals surface area (Å²) in [5, 5.41) is 0. The van der Waals surface area contributed by atoms with Crippen molar-refractivity contribution >= 4 is 0 Å². The van der Waals surface area contributed by atoms with Crippen LogP contribution in [0.5, 0.6) is 0 Å². The average Bonchev–Trinajstić information content (AvgIpc) is 2.63. The zero-order valence-corrected chi connectivity index (χ0v) is 14.6. The highest BCUT2D eigenvalue weighted by molar-refractivity contribution is 5.84. The molecule has 1 nitrogen and oxygen atoms in total. The van der Waals surface area contributed by atoms with Gasteiger partial charge in [0.15, 0.2) is 0 Å². The van der Waals surface area contributed by atoms with Crippen molar-refractivity contribution < 1.29 is 0 Å². The van der Waals surface area contributed by atoms with Crippen molar-refractivity contribution in [2.45, 2.75) is 39.5 Å². The monoisotopic (exact) mass is 315 g/mol. The van der Waals surface area contributed by atoms with Crippen LogP contribution in [0.4, 0.5) is 0 Å². The highest BCUT2D eigenvalue weighted by Crippen LogP contribution is 2.33. The first-order valence-electron chi connectivity index (χ1n) is 8.90. The van der Waals surface area contributed by atoms with E-state index in [4.69, 9.17) is 0 Å². The van der Waals surface area contributed by atoms with E-state index in [0.29, 0.717) is 0 Å². The van der Waals surface area contributed by atoms with E-state index in [-0.39, 0.29) is 0 Å². The molecular weight excluding hydrogens is 290 g/mol. The highest BCUT2D eigenvalue weighted by Gasteiger charge is 2.10. The summed E-state index contributed by atoms with van der Waals surface area (Å²) in [7, 11) is 0. The van der Waals surface area contributed by atoms with Gasteiger partial charge in [-0.25, -0.2) is 0 Å². The van der Waals surface area contributed by atoms with E-state index in [1.807, 2.05) is 12.3 Å². The van der Waals surface area contributed by atoms with Gasteiger partial charge in [0, 0.05) is 11.8 Å². The summed E-state index contributed by atoms with van der Waals surface area (Å²) in [5.41, 5.74) is 7.49. The number of benzene rings is 2. The molecule has 0 radical (unpaired) electrons. The van der Waals surface area contributed by atoms with Crippen molar-refractivity contribution in [3.05, 3.63) is 78.0 Å². The van der Waals surface area contributed by atoms with Crippen LogP contribution >= 0.6 is 0 Å². The molecule has 0 aliphatic carbocycles. The third-order valence-electron chi connectivity index (χ3n) is 4.53. The average molecular weight is 315 g/mol. The van der Waals surface area contributed by atoms with E-state index >= 15 is 0 Å². The van der Waals surface area contributed by atoms with Gasteiger partial charge in [-0.15, -0.1) is 0 Å². The van der Waals surface area contributed by atoms with Crippen LogP contribution in [0.2, 0.25) is 0 Å². The van der Waals surface area contributed by atoms with Crippen molar-refractivity contribution in [2.24, 2.45) is 0 Å². The van der Waals surface area contributed by atoms with Crippen molar-refractivity contribution in [1.82, 2.24) is 4.98 Å². The fourth-order valence-electron chi connectivity index (χ4n) is 3.19. The predicted molar refractivity (Wildman–Crippen MR) is 103 cm³/mol. The summed E-state index contributed by atoms with van der Waals surface area (Å²) < 4.78 is 0. The third kappa shape index (κ3) is 3.73. The first-order valence-corrected chi connectivity index (χ1v) is 8.90. The second kappa shape index (κ2) is 7.92. The Morgan fingerprint density at radius 1 is 0.833 bits per heavy atom. The van der Waals surface area contributed by atoms with Gasteiger partial charge in [0.1, 0.15) is 0 Å². The van der Waals surface area contributed by atoms with Crippen molar-refractivity contribution in [3.63, 3.8) is 0 Å². The molecule has 2 aromatic carbocycles. The van der Waals surface area contributed by atoms with Crippen LogP contribution in [0.25, 0.3) is 22.4 Å². The molecule has 1 heteroatoms. The molecule has 0 spiro atoms. The van der Waals surface area contributed by atoms with Gasteiger partial charge in [-0.2, -0.15) is 0 Å². The fourth-order valence-corrected chi connectivity index (χ4v) is 3.19. The molecule has 3 aromatic rings. The molecule has 0 saturated carbocycles. The second-order valence-electron chi connectivity index (χ2n) is 6.37. The number of aryl methyl sites for hydroxylation is 2. The largest absolute Gasteiger partial charge is 0.256 e. The number of unbranched alkanes of at least 4 members (excludes halogenated alkanes) is 2. The van der Waals surface area contributed by atoms with E-state index in [9.17, 15) is 0 Å². The summed E-state index contributed by atoms with van der Waals surface area (Å²) in [6, 6.07) is 21.6. The molecule has 24 heavy (non-hydrogen) atoms. The summed E-state index contributed by atoms with van der Waals surface area (Å²) in [6.07, 6.45) is 6.90. The first-order chi connectivity index (χ1) is 11.8. The van der Waals surface area contributed by atoms with Crippen LogP contribution < -0.4 is 0 Å². The molecule has 1 aromatic heterocycles. The Hall–Kier alpha value is -2.41. The quantitative estimate of drug-likeness (QED) is 0.476. The van der Waals surface area contributed by atoms with Gasteiger partial charge in [-0.3, -0.25) is 4.98 Å². The van der Waals surface area contributed by atoms with Gasteiger partial charge in [-0.1, -0.05) is 68.3 Å². The maximum Gasteiger partial charge on any atom is 0.0710 e. The predicted octanol–water partition coefficient (Wildman–Crippen LogP) is 6.46. The Morgan fingerprint density at radius 2 is 1.67 bits per heavy atom. The fraction of sp³-hybridized carbons (Fsp3) is 0.261. The Labute approximate surface area is 145 Å². The van der Waals surface area contributed by atoms with Crippen LogP contribution in [0.3, 0.4) is 0 Å². The summed E-state index contributed by atoms with van der Waals surface area (Å²) in [6.45, 7) is 4.41. The summed E-state index contributed by atoms with van der Waals surface area (Å²) >= 11 is 0. The summed E-state index contributed by atoms with van der Waals surface area (Å²) in [4.78, 5) is 4.56. The van der Waals surface area contributed by atoms with E-state index in [2.05, 4.69) is 73.4 Å². The standard InChI is InChI=1S/C23H25N/c1-3-4-5-10-19-13-15-20(16-14-19)21-11-8-9-18(2)23(21)22-12-6-7-17-24-22/h6-9,11-17H,3-5,10H2,1-2H3. The Bertz CT molecular complexity index is 773. The number of hydrogen-bond acceptors (Lipinski definition) is 1. The van der Waals surface area contributed by atoms with E-state index in [1.54, 1.807) is 0 Å². The smallest absolute Gasteiger partial charge is 0.0710 e. The highest BCUT2D eigenvalue weighted by atomic mass is 14.7. The van der Waals surface area contributed by atoms with Crippen LogP contribution in [-0.4, -0.2) is 4.98 Å². The number of aromatic nitrogens is 1. The van der Waals surface area contributed by atoms with Gasteiger partial charge in [0.25, 0.3) is 0 Å². The molecule has 0 unspecified atom stereocenters. The zero-order chi connectivity index (χ0) is 16.8. The summed E-state index contributed by atoms with van der Waals surface area (Å²) in [5.74, 6) is 0. The molecule has 0 N–H and O–H groups in total. The van der Waals surface area contributed by atoms with Crippen molar-refractivity contribution in [1.29, 1.82) is 0 Å². The first kappa shape index (κ1) is 16.4. The molecular formula is C23H25N. The molecule has 0 bridgehead atoms. The molecule has 3 rings (SSSR count). The lowest BCUT2D eigenvalue weighted by Crippen LogP contribution is -1.92. The lowest BCUT2D eigenvalue weighted by molar-refractivity contribution is 0.717. The molecule has 0 fully saturated rings. The topological polar surface area (TPSA) is 12.9 Å². The van der Waals surface area contributed by atoms with Crippen LogP contribution in [0, 0.1) is 6.92 Å². The van der Waals surface area contributed by atoms with Gasteiger partial charge >= 0.3 is 0 Å². The minimum absolute atomic E-state index is 1.04. The molecule has 0 amide bonds. The number of pyridine rings is 1. The zero-order valence-electron chi connectivity index (χ0n) is 14.6. The second-order valence-corrected chi connectivity index (χ2v) is 6.37. The molecule has 1 heterocycles. The molecule has 122 valence electrons.